The first-order valence-electron chi connectivity index (χ1n) is 4.97. The first-order chi connectivity index (χ1) is 8.19. The lowest BCUT2D eigenvalue weighted by Crippen LogP contribution is -1.87. The number of hydrogen-bond acceptors (Lipinski definition) is 1. The van der Waals surface area contributed by atoms with Crippen molar-refractivity contribution in [1.82, 2.24) is 0 Å². The van der Waals surface area contributed by atoms with Gasteiger partial charge in [0.1, 0.15) is 17.3 Å². The highest BCUT2D eigenvalue weighted by atomic mass is 79.9. The number of rotatable bonds is 3. The summed E-state index contributed by atoms with van der Waals surface area (Å²) in [6.45, 7) is 0. The molecule has 0 atom stereocenters. The zero-order valence-electron chi connectivity index (χ0n) is 8.79. The van der Waals surface area contributed by atoms with Gasteiger partial charge in [-0.15, -0.1) is 11.6 Å². The predicted molar refractivity (Wildman–Crippen MR) is 70.2 cm³/mol. The molecule has 2 aromatic carbocycles. The van der Waals surface area contributed by atoms with Crippen LogP contribution in [0.25, 0.3) is 0 Å². The highest BCUT2D eigenvalue weighted by molar-refractivity contribution is 9.10. The molecule has 0 fully saturated rings. The fourth-order valence-corrected chi connectivity index (χ4v) is 1.89. The molecule has 0 aliphatic rings. The molecule has 0 bridgehead atoms. The molecule has 88 valence electrons. The second kappa shape index (κ2) is 5.52. The molecular formula is C13H9BrClFO. The highest BCUT2D eigenvalue weighted by Crippen LogP contribution is 2.27. The number of benzene rings is 2. The van der Waals surface area contributed by atoms with Crippen LogP contribution in [-0.2, 0) is 5.88 Å². The summed E-state index contributed by atoms with van der Waals surface area (Å²) < 4.78 is 19.0. The zero-order valence-corrected chi connectivity index (χ0v) is 11.1. The minimum absolute atomic E-state index is 0.313. The van der Waals surface area contributed by atoms with Crippen molar-refractivity contribution in [2.24, 2.45) is 0 Å². The topological polar surface area (TPSA) is 9.23 Å². The second-order valence-electron chi connectivity index (χ2n) is 3.46. The molecule has 4 heteroatoms. The molecule has 0 aliphatic heterocycles. The van der Waals surface area contributed by atoms with Crippen molar-refractivity contribution in [3.05, 3.63) is 58.3 Å². The van der Waals surface area contributed by atoms with Crippen molar-refractivity contribution >= 4 is 27.5 Å². The Balaban J connectivity index is 2.22. The van der Waals surface area contributed by atoms with Crippen LogP contribution in [0.4, 0.5) is 4.39 Å². The number of halogens is 3. The summed E-state index contributed by atoms with van der Waals surface area (Å²) in [6.07, 6.45) is 0. The molecule has 0 aliphatic carbocycles. The van der Waals surface area contributed by atoms with E-state index in [2.05, 4.69) is 15.9 Å². The summed E-state index contributed by atoms with van der Waals surface area (Å²) in [4.78, 5) is 0. The molecule has 0 spiro atoms. The van der Waals surface area contributed by atoms with Crippen LogP contribution in [0, 0.1) is 5.82 Å². The summed E-state index contributed by atoms with van der Waals surface area (Å²) >= 11 is 8.85. The van der Waals surface area contributed by atoms with Crippen molar-refractivity contribution in [3.63, 3.8) is 0 Å². The van der Waals surface area contributed by atoms with Gasteiger partial charge in [-0.05, 0) is 51.8 Å². The Morgan fingerprint density at radius 3 is 2.59 bits per heavy atom. The van der Waals surface area contributed by atoms with Crippen molar-refractivity contribution in [2.75, 3.05) is 0 Å². The van der Waals surface area contributed by atoms with Gasteiger partial charge in [0.2, 0.25) is 0 Å². The first kappa shape index (κ1) is 12.4. The van der Waals surface area contributed by atoms with Gasteiger partial charge in [-0.3, -0.25) is 0 Å². The maximum atomic E-state index is 13.0. The molecule has 0 aromatic heterocycles. The third-order valence-electron chi connectivity index (χ3n) is 2.18. The molecule has 0 amide bonds. The van der Waals surface area contributed by atoms with Crippen LogP contribution >= 0.6 is 27.5 Å². The van der Waals surface area contributed by atoms with Crippen LogP contribution in [-0.4, -0.2) is 0 Å². The molecule has 0 radical (unpaired) electrons. The molecule has 2 aromatic rings. The minimum Gasteiger partial charge on any atom is -0.457 e. The molecule has 1 nitrogen and oxygen atoms in total. The lowest BCUT2D eigenvalue weighted by Gasteiger charge is -2.07. The van der Waals surface area contributed by atoms with E-state index in [4.69, 9.17) is 16.3 Å². The Morgan fingerprint density at radius 2 is 1.88 bits per heavy atom. The van der Waals surface area contributed by atoms with E-state index >= 15 is 0 Å². The van der Waals surface area contributed by atoms with E-state index < -0.39 is 0 Å². The van der Waals surface area contributed by atoms with Crippen LogP contribution in [0.1, 0.15) is 5.56 Å². The monoisotopic (exact) mass is 314 g/mol. The molecule has 0 N–H and O–H groups in total. The van der Waals surface area contributed by atoms with E-state index in [1.165, 1.54) is 6.07 Å². The predicted octanol–water partition coefficient (Wildman–Crippen LogP) is 5.12. The Kier molecular flexibility index (Phi) is 4.02. The van der Waals surface area contributed by atoms with E-state index in [0.717, 1.165) is 5.56 Å². The fraction of sp³-hybridized carbons (Fsp3) is 0.0769. The third kappa shape index (κ3) is 3.20. The van der Waals surface area contributed by atoms with E-state index in [0.29, 0.717) is 21.9 Å². The van der Waals surface area contributed by atoms with Gasteiger partial charge < -0.3 is 4.74 Å². The zero-order chi connectivity index (χ0) is 12.3. The van der Waals surface area contributed by atoms with Gasteiger partial charge in [0.15, 0.2) is 0 Å². The van der Waals surface area contributed by atoms with E-state index in [1.807, 2.05) is 24.3 Å². The van der Waals surface area contributed by atoms with Gasteiger partial charge in [0.25, 0.3) is 0 Å². The Bertz CT molecular complexity index is 531. The smallest absolute Gasteiger partial charge is 0.137 e. The summed E-state index contributed by atoms with van der Waals surface area (Å²) in [5, 5.41) is 0. The van der Waals surface area contributed by atoms with Crippen molar-refractivity contribution < 1.29 is 9.13 Å². The Morgan fingerprint density at radius 1 is 1.12 bits per heavy atom. The molecule has 0 unspecified atom stereocenters. The molecule has 17 heavy (non-hydrogen) atoms. The molecular weight excluding hydrogens is 306 g/mol. The first-order valence-corrected chi connectivity index (χ1v) is 6.29. The van der Waals surface area contributed by atoms with Gasteiger partial charge in [0, 0.05) is 5.88 Å². The standard InChI is InChI=1S/C13H9BrClFO/c14-12-7-11(4-5-13(12)16)17-10-3-1-2-9(6-10)8-15/h1-7H,8H2. The van der Waals surface area contributed by atoms with Crippen LogP contribution < -0.4 is 4.74 Å². The molecule has 0 saturated carbocycles. The molecule has 0 heterocycles. The van der Waals surface area contributed by atoms with Crippen LogP contribution in [0.2, 0.25) is 0 Å². The van der Waals surface area contributed by atoms with Crippen LogP contribution in [0.5, 0.6) is 11.5 Å². The third-order valence-corrected chi connectivity index (χ3v) is 3.10. The summed E-state index contributed by atoms with van der Waals surface area (Å²) in [6, 6.07) is 12.0. The summed E-state index contributed by atoms with van der Waals surface area (Å²) in [5.41, 5.74) is 0.977. The Labute approximate surface area is 112 Å². The quantitative estimate of drug-likeness (QED) is 0.714. The van der Waals surface area contributed by atoms with Crippen molar-refractivity contribution in [2.45, 2.75) is 5.88 Å². The van der Waals surface area contributed by atoms with Gasteiger partial charge >= 0.3 is 0 Å². The molecule has 2 rings (SSSR count). The number of hydrogen-bond donors (Lipinski definition) is 0. The van der Waals surface area contributed by atoms with Gasteiger partial charge in [-0.2, -0.15) is 0 Å². The van der Waals surface area contributed by atoms with E-state index in [-0.39, 0.29) is 5.82 Å². The maximum absolute atomic E-state index is 13.0. The maximum Gasteiger partial charge on any atom is 0.137 e. The van der Waals surface area contributed by atoms with Crippen LogP contribution in [0.3, 0.4) is 0 Å². The van der Waals surface area contributed by atoms with Crippen molar-refractivity contribution in [3.8, 4) is 11.5 Å². The van der Waals surface area contributed by atoms with Gasteiger partial charge in [-0.1, -0.05) is 12.1 Å². The largest absolute Gasteiger partial charge is 0.457 e. The highest BCUT2D eigenvalue weighted by Gasteiger charge is 2.03. The average Bonchev–Trinajstić information content (AvgIpc) is 2.34. The Hall–Kier alpha value is -1.06. The summed E-state index contributed by atoms with van der Waals surface area (Å²) in [5.74, 6) is 1.38. The summed E-state index contributed by atoms with van der Waals surface area (Å²) in [7, 11) is 0. The number of ether oxygens (including phenoxy) is 1. The average molecular weight is 316 g/mol. The van der Waals surface area contributed by atoms with Crippen LogP contribution in [0.15, 0.2) is 46.9 Å². The SMILES string of the molecule is Fc1ccc(Oc2cccc(CCl)c2)cc1Br. The normalized spacial score (nSPS) is 10.3. The van der Waals surface area contributed by atoms with E-state index in [9.17, 15) is 4.39 Å². The second-order valence-corrected chi connectivity index (χ2v) is 4.58. The lowest BCUT2D eigenvalue weighted by molar-refractivity contribution is 0.479. The number of alkyl halides is 1. The van der Waals surface area contributed by atoms with Gasteiger partial charge in [-0.25, -0.2) is 4.39 Å². The fourth-order valence-electron chi connectivity index (χ4n) is 1.37. The van der Waals surface area contributed by atoms with E-state index in [1.54, 1.807) is 12.1 Å². The van der Waals surface area contributed by atoms with Crippen molar-refractivity contribution in [1.29, 1.82) is 0 Å². The molecule has 0 saturated heterocycles. The van der Waals surface area contributed by atoms with Gasteiger partial charge in [0.05, 0.1) is 4.47 Å². The lowest BCUT2D eigenvalue weighted by atomic mass is 10.2. The minimum atomic E-state index is -0.313.